The van der Waals surface area contributed by atoms with Gasteiger partial charge in [0.15, 0.2) is 11.5 Å². The Bertz CT molecular complexity index is 722. The number of hydrogen-bond acceptors (Lipinski definition) is 4. The van der Waals surface area contributed by atoms with Crippen molar-refractivity contribution in [3.63, 3.8) is 0 Å². The molecule has 0 saturated carbocycles. The Labute approximate surface area is 135 Å². The molecule has 0 unspecified atom stereocenters. The SMILES string of the molecule is COc1ccc(/C(C)=N\NC(=O)c2ccc(C)cc2)cc1OC. The predicted octanol–water partition coefficient (Wildman–Crippen LogP) is 3.17. The summed E-state index contributed by atoms with van der Waals surface area (Å²) in [5.74, 6) is 1.02. The van der Waals surface area contributed by atoms with E-state index in [9.17, 15) is 4.79 Å². The molecule has 23 heavy (non-hydrogen) atoms. The zero-order chi connectivity index (χ0) is 16.8. The Morgan fingerprint density at radius 3 is 2.17 bits per heavy atom. The Morgan fingerprint density at radius 1 is 0.957 bits per heavy atom. The fraction of sp³-hybridized carbons (Fsp3) is 0.222. The van der Waals surface area contributed by atoms with Crippen LogP contribution in [-0.2, 0) is 0 Å². The summed E-state index contributed by atoms with van der Waals surface area (Å²) in [6, 6.07) is 12.8. The van der Waals surface area contributed by atoms with E-state index < -0.39 is 0 Å². The van der Waals surface area contributed by atoms with Crippen molar-refractivity contribution in [3.05, 3.63) is 59.2 Å². The van der Waals surface area contributed by atoms with Gasteiger partial charge in [0.25, 0.3) is 5.91 Å². The zero-order valence-corrected chi connectivity index (χ0v) is 13.7. The molecule has 0 heterocycles. The molecule has 5 heteroatoms. The number of amides is 1. The molecular weight excluding hydrogens is 292 g/mol. The van der Waals surface area contributed by atoms with Gasteiger partial charge in [-0.05, 0) is 44.2 Å². The maximum atomic E-state index is 12.1. The maximum absolute atomic E-state index is 12.1. The first-order chi connectivity index (χ1) is 11.0. The summed E-state index contributed by atoms with van der Waals surface area (Å²) in [6.45, 7) is 3.79. The van der Waals surface area contributed by atoms with Gasteiger partial charge in [0.2, 0.25) is 0 Å². The van der Waals surface area contributed by atoms with Crippen LogP contribution in [0, 0.1) is 6.92 Å². The number of aryl methyl sites for hydroxylation is 1. The minimum Gasteiger partial charge on any atom is -0.493 e. The van der Waals surface area contributed by atoms with Crippen molar-refractivity contribution >= 4 is 11.6 Å². The van der Waals surface area contributed by atoms with Crippen molar-refractivity contribution in [2.45, 2.75) is 13.8 Å². The molecule has 0 atom stereocenters. The van der Waals surface area contributed by atoms with E-state index in [0.29, 0.717) is 22.8 Å². The number of rotatable bonds is 5. The van der Waals surface area contributed by atoms with E-state index in [1.54, 1.807) is 32.4 Å². The standard InChI is InChI=1S/C18H20N2O3/c1-12-5-7-14(8-6-12)18(21)20-19-13(2)15-9-10-16(22-3)17(11-15)23-4/h5-11H,1-4H3,(H,20,21)/b19-13-. The van der Waals surface area contributed by atoms with Gasteiger partial charge in [-0.15, -0.1) is 0 Å². The van der Waals surface area contributed by atoms with Gasteiger partial charge in [-0.25, -0.2) is 5.43 Å². The van der Waals surface area contributed by atoms with Crippen molar-refractivity contribution < 1.29 is 14.3 Å². The Morgan fingerprint density at radius 2 is 1.57 bits per heavy atom. The Kier molecular flexibility index (Phi) is 5.36. The third-order valence-electron chi connectivity index (χ3n) is 3.44. The summed E-state index contributed by atoms with van der Waals surface area (Å²) in [6.07, 6.45) is 0. The number of nitrogens with one attached hydrogen (secondary N) is 1. The van der Waals surface area contributed by atoms with E-state index in [0.717, 1.165) is 11.1 Å². The molecule has 0 saturated heterocycles. The second kappa shape index (κ2) is 7.45. The lowest BCUT2D eigenvalue weighted by molar-refractivity contribution is 0.0955. The normalized spacial score (nSPS) is 11.0. The van der Waals surface area contributed by atoms with E-state index in [1.165, 1.54) is 0 Å². The van der Waals surface area contributed by atoms with Gasteiger partial charge in [0.05, 0.1) is 19.9 Å². The molecule has 0 aliphatic rings. The van der Waals surface area contributed by atoms with Gasteiger partial charge in [0, 0.05) is 11.1 Å². The Hall–Kier alpha value is -2.82. The minimum absolute atomic E-state index is 0.246. The number of methoxy groups -OCH3 is 2. The summed E-state index contributed by atoms with van der Waals surface area (Å²) in [5.41, 5.74) is 5.74. The minimum atomic E-state index is -0.246. The molecule has 0 aliphatic carbocycles. The van der Waals surface area contributed by atoms with Crippen LogP contribution in [-0.4, -0.2) is 25.8 Å². The van der Waals surface area contributed by atoms with Crippen LogP contribution in [0.2, 0.25) is 0 Å². The highest BCUT2D eigenvalue weighted by Gasteiger charge is 2.08. The summed E-state index contributed by atoms with van der Waals surface area (Å²) < 4.78 is 10.5. The summed E-state index contributed by atoms with van der Waals surface area (Å²) in [7, 11) is 3.16. The number of ether oxygens (including phenoxy) is 2. The summed E-state index contributed by atoms with van der Waals surface area (Å²) in [5, 5.41) is 4.14. The third-order valence-corrected chi connectivity index (χ3v) is 3.44. The molecule has 120 valence electrons. The summed E-state index contributed by atoms with van der Waals surface area (Å²) >= 11 is 0. The third kappa shape index (κ3) is 4.10. The molecule has 5 nitrogen and oxygen atoms in total. The monoisotopic (exact) mass is 312 g/mol. The highest BCUT2D eigenvalue weighted by atomic mass is 16.5. The lowest BCUT2D eigenvalue weighted by Gasteiger charge is -2.09. The number of hydrazone groups is 1. The average Bonchev–Trinajstić information content (AvgIpc) is 2.59. The van der Waals surface area contributed by atoms with E-state index in [4.69, 9.17) is 9.47 Å². The number of benzene rings is 2. The molecule has 1 N–H and O–H groups in total. The largest absolute Gasteiger partial charge is 0.493 e. The van der Waals surface area contributed by atoms with Crippen LogP contribution in [0.4, 0.5) is 0 Å². The molecule has 0 bridgehead atoms. The van der Waals surface area contributed by atoms with Crippen molar-refractivity contribution in [3.8, 4) is 11.5 Å². The van der Waals surface area contributed by atoms with Gasteiger partial charge in [-0.2, -0.15) is 5.10 Å². The topological polar surface area (TPSA) is 59.9 Å². The first-order valence-electron chi connectivity index (χ1n) is 7.19. The van der Waals surface area contributed by atoms with Gasteiger partial charge in [-0.3, -0.25) is 4.79 Å². The average molecular weight is 312 g/mol. The fourth-order valence-electron chi connectivity index (χ4n) is 2.03. The molecular formula is C18H20N2O3. The lowest BCUT2D eigenvalue weighted by Crippen LogP contribution is -2.19. The highest BCUT2D eigenvalue weighted by molar-refractivity contribution is 6.01. The fourth-order valence-corrected chi connectivity index (χ4v) is 2.03. The first-order valence-corrected chi connectivity index (χ1v) is 7.19. The molecule has 2 rings (SSSR count). The van der Waals surface area contributed by atoms with Gasteiger partial charge in [-0.1, -0.05) is 17.7 Å². The molecule has 0 fully saturated rings. The molecule has 0 radical (unpaired) electrons. The van der Waals surface area contributed by atoms with Crippen LogP contribution >= 0.6 is 0 Å². The molecule has 0 spiro atoms. The second-order valence-corrected chi connectivity index (χ2v) is 5.07. The zero-order valence-electron chi connectivity index (χ0n) is 13.7. The molecule has 2 aromatic rings. The summed E-state index contributed by atoms with van der Waals surface area (Å²) in [4.78, 5) is 12.1. The number of nitrogens with zero attached hydrogens (tertiary/aromatic N) is 1. The van der Waals surface area contributed by atoms with Crippen LogP contribution in [0.25, 0.3) is 0 Å². The molecule has 1 amide bonds. The number of carbonyl (C=O) groups is 1. The van der Waals surface area contributed by atoms with E-state index >= 15 is 0 Å². The Balaban J connectivity index is 2.13. The van der Waals surface area contributed by atoms with Crippen molar-refractivity contribution in [2.24, 2.45) is 5.10 Å². The number of carbonyl (C=O) groups excluding carboxylic acids is 1. The lowest BCUT2D eigenvalue weighted by atomic mass is 10.1. The van der Waals surface area contributed by atoms with Crippen LogP contribution < -0.4 is 14.9 Å². The maximum Gasteiger partial charge on any atom is 0.271 e. The van der Waals surface area contributed by atoms with Crippen molar-refractivity contribution in [2.75, 3.05) is 14.2 Å². The van der Waals surface area contributed by atoms with Crippen molar-refractivity contribution in [1.29, 1.82) is 0 Å². The molecule has 2 aromatic carbocycles. The van der Waals surface area contributed by atoms with E-state index in [2.05, 4.69) is 10.5 Å². The first kappa shape index (κ1) is 16.5. The number of hydrogen-bond donors (Lipinski definition) is 1. The quantitative estimate of drug-likeness (QED) is 0.681. The molecule has 0 aromatic heterocycles. The smallest absolute Gasteiger partial charge is 0.271 e. The van der Waals surface area contributed by atoms with E-state index in [1.807, 2.05) is 38.1 Å². The van der Waals surface area contributed by atoms with Gasteiger partial charge in [0.1, 0.15) is 0 Å². The molecule has 0 aliphatic heterocycles. The van der Waals surface area contributed by atoms with Crippen LogP contribution in [0.15, 0.2) is 47.6 Å². The van der Waals surface area contributed by atoms with Gasteiger partial charge < -0.3 is 9.47 Å². The predicted molar refractivity (Wildman–Crippen MR) is 90.4 cm³/mol. The van der Waals surface area contributed by atoms with Gasteiger partial charge >= 0.3 is 0 Å². The van der Waals surface area contributed by atoms with Crippen LogP contribution in [0.3, 0.4) is 0 Å². The second-order valence-electron chi connectivity index (χ2n) is 5.07. The van der Waals surface area contributed by atoms with Crippen LogP contribution in [0.1, 0.15) is 28.4 Å². The van der Waals surface area contributed by atoms with Crippen LogP contribution in [0.5, 0.6) is 11.5 Å². The highest BCUT2D eigenvalue weighted by Crippen LogP contribution is 2.27. The van der Waals surface area contributed by atoms with Crippen molar-refractivity contribution in [1.82, 2.24) is 5.43 Å². The van der Waals surface area contributed by atoms with E-state index in [-0.39, 0.29) is 5.91 Å².